The second-order valence-corrected chi connectivity index (χ2v) is 13.0. The molecule has 9 aromatic carbocycles. The lowest BCUT2D eigenvalue weighted by Crippen LogP contribution is -2.09. The van der Waals surface area contributed by atoms with Gasteiger partial charge in [0.05, 0.1) is 0 Å². The molecule has 0 spiro atoms. The van der Waals surface area contributed by atoms with Crippen LogP contribution in [0.4, 0.5) is 17.1 Å². The highest BCUT2D eigenvalue weighted by molar-refractivity contribution is 6.21. The third-order valence-corrected chi connectivity index (χ3v) is 9.78. The lowest BCUT2D eigenvalue weighted by atomic mass is 9.85. The summed E-state index contributed by atoms with van der Waals surface area (Å²) in [6.07, 6.45) is 4.48. The van der Waals surface area contributed by atoms with E-state index >= 15 is 0 Å². The van der Waals surface area contributed by atoms with Crippen molar-refractivity contribution in [3.05, 3.63) is 211 Å². The Morgan fingerprint density at radius 2 is 0.725 bits per heavy atom. The molecule has 51 heavy (non-hydrogen) atoms. The first-order valence-electron chi connectivity index (χ1n) is 17.5. The summed E-state index contributed by atoms with van der Waals surface area (Å²) in [6, 6.07) is 72.0. The number of nitrogens with zero attached hydrogens (tertiary/aromatic N) is 1. The molecule has 0 aliphatic heterocycles. The van der Waals surface area contributed by atoms with E-state index in [1.807, 2.05) is 0 Å². The molecule has 1 heteroatoms. The summed E-state index contributed by atoms with van der Waals surface area (Å²) in [5.74, 6) is 0. The van der Waals surface area contributed by atoms with Crippen molar-refractivity contribution in [2.75, 3.05) is 4.90 Å². The fourth-order valence-electron chi connectivity index (χ4n) is 7.42. The Hall–Kier alpha value is -6.70. The van der Waals surface area contributed by atoms with E-state index < -0.39 is 0 Å². The molecule has 0 unspecified atom stereocenters. The summed E-state index contributed by atoms with van der Waals surface area (Å²) in [6.45, 7) is 0. The number of rotatable bonds is 7. The second kappa shape index (κ2) is 13.3. The van der Waals surface area contributed by atoms with Gasteiger partial charge in [0.1, 0.15) is 0 Å². The fourth-order valence-corrected chi connectivity index (χ4v) is 7.42. The van der Waals surface area contributed by atoms with E-state index in [0.717, 1.165) is 17.1 Å². The molecule has 0 atom stereocenters. The highest BCUT2D eigenvalue weighted by Gasteiger charge is 2.17. The van der Waals surface area contributed by atoms with E-state index in [1.165, 1.54) is 65.7 Å². The lowest BCUT2D eigenvalue weighted by molar-refractivity contribution is 1.29. The number of hydrogen-bond donors (Lipinski definition) is 0. The van der Waals surface area contributed by atoms with Crippen LogP contribution in [0.3, 0.4) is 0 Å². The largest absolute Gasteiger partial charge is 0.310 e. The Bertz CT molecular complexity index is 2620. The van der Waals surface area contributed by atoms with E-state index in [2.05, 4.69) is 217 Å². The van der Waals surface area contributed by atoms with Crippen LogP contribution < -0.4 is 4.90 Å². The van der Waals surface area contributed by atoms with E-state index in [-0.39, 0.29) is 0 Å². The van der Waals surface area contributed by atoms with Crippen molar-refractivity contribution in [1.82, 2.24) is 0 Å². The molecule has 0 aliphatic carbocycles. The van der Waals surface area contributed by atoms with Gasteiger partial charge < -0.3 is 4.90 Å². The normalized spacial score (nSPS) is 11.5. The highest BCUT2D eigenvalue weighted by atomic mass is 15.1. The smallest absolute Gasteiger partial charge is 0.0468 e. The number of benzene rings is 9. The first kappa shape index (κ1) is 30.4. The molecule has 0 saturated heterocycles. The van der Waals surface area contributed by atoms with E-state index in [0.29, 0.717) is 0 Å². The zero-order valence-electron chi connectivity index (χ0n) is 28.2. The molecule has 0 amide bonds. The number of anilines is 3. The van der Waals surface area contributed by atoms with Gasteiger partial charge in [-0.15, -0.1) is 0 Å². The van der Waals surface area contributed by atoms with Gasteiger partial charge in [-0.3, -0.25) is 0 Å². The zero-order valence-corrected chi connectivity index (χ0v) is 28.2. The van der Waals surface area contributed by atoms with Gasteiger partial charge >= 0.3 is 0 Å². The molecule has 0 aromatic heterocycles. The molecule has 9 rings (SSSR count). The molecule has 0 heterocycles. The van der Waals surface area contributed by atoms with Crippen LogP contribution in [0.5, 0.6) is 0 Å². The topological polar surface area (TPSA) is 3.24 Å². The van der Waals surface area contributed by atoms with Crippen LogP contribution in [0, 0.1) is 0 Å². The average Bonchev–Trinajstić information content (AvgIpc) is 3.20. The van der Waals surface area contributed by atoms with Crippen LogP contribution in [0.25, 0.3) is 66.7 Å². The van der Waals surface area contributed by atoms with Crippen molar-refractivity contribution in [2.45, 2.75) is 0 Å². The maximum Gasteiger partial charge on any atom is 0.0468 e. The van der Waals surface area contributed by atoms with Crippen LogP contribution in [0.15, 0.2) is 200 Å². The number of para-hydroxylation sites is 2. The van der Waals surface area contributed by atoms with Crippen LogP contribution >= 0.6 is 0 Å². The first-order valence-corrected chi connectivity index (χ1v) is 17.5. The molecule has 0 aliphatic rings. The Morgan fingerprint density at radius 3 is 1.31 bits per heavy atom. The minimum absolute atomic E-state index is 1.14. The SMILES string of the molecule is C(=C\c1ccc2c(-c3ccccc3)c3ccccc3c(-c3ccccc3)c2c1)/c1ccc2cc(N(c3ccccc3)c3ccccc3)ccc2c1. The average molecular weight is 650 g/mol. The molecule has 9 aromatic rings. The van der Waals surface area contributed by atoms with Gasteiger partial charge in [-0.1, -0.05) is 164 Å². The van der Waals surface area contributed by atoms with Crippen LogP contribution in [0.2, 0.25) is 0 Å². The third kappa shape index (κ3) is 5.86. The van der Waals surface area contributed by atoms with Crippen LogP contribution in [-0.2, 0) is 0 Å². The Kier molecular flexibility index (Phi) is 7.92. The fraction of sp³-hybridized carbons (Fsp3) is 0. The minimum Gasteiger partial charge on any atom is -0.310 e. The van der Waals surface area contributed by atoms with Gasteiger partial charge in [-0.2, -0.15) is 0 Å². The van der Waals surface area contributed by atoms with Crippen molar-refractivity contribution < 1.29 is 0 Å². The van der Waals surface area contributed by atoms with E-state index in [9.17, 15) is 0 Å². The van der Waals surface area contributed by atoms with E-state index in [1.54, 1.807) is 0 Å². The maximum absolute atomic E-state index is 2.36. The Labute approximate surface area is 299 Å². The summed E-state index contributed by atoms with van der Waals surface area (Å²) in [4.78, 5) is 2.31. The quantitative estimate of drug-likeness (QED) is 0.123. The van der Waals surface area contributed by atoms with Gasteiger partial charge in [0, 0.05) is 17.1 Å². The van der Waals surface area contributed by atoms with Gasteiger partial charge in [0.25, 0.3) is 0 Å². The summed E-state index contributed by atoms with van der Waals surface area (Å²) >= 11 is 0. The molecular weight excluding hydrogens is 615 g/mol. The Balaban J connectivity index is 1.12. The van der Waals surface area contributed by atoms with Crippen molar-refractivity contribution in [3.63, 3.8) is 0 Å². The van der Waals surface area contributed by atoms with Crippen LogP contribution in [-0.4, -0.2) is 0 Å². The summed E-state index contributed by atoms with van der Waals surface area (Å²) in [5.41, 5.74) is 10.8. The van der Waals surface area contributed by atoms with Gasteiger partial charge in [-0.05, 0) is 114 Å². The molecular formula is C50H35N. The van der Waals surface area contributed by atoms with Gasteiger partial charge in [0.15, 0.2) is 0 Å². The Morgan fingerprint density at radius 1 is 0.294 bits per heavy atom. The van der Waals surface area contributed by atoms with Gasteiger partial charge in [0.2, 0.25) is 0 Å². The minimum atomic E-state index is 1.14. The van der Waals surface area contributed by atoms with Crippen molar-refractivity contribution >= 4 is 61.5 Å². The maximum atomic E-state index is 2.36. The number of fused-ring (bicyclic) bond motifs is 3. The predicted molar refractivity (Wildman–Crippen MR) is 220 cm³/mol. The van der Waals surface area contributed by atoms with Crippen LogP contribution in [0.1, 0.15) is 11.1 Å². The summed E-state index contributed by atoms with van der Waals surface area (Å²) in [7, 11) is 0. The highest BCUT2D eigenvalue weighted by Crippen LogP contribution is 2.44. The molecule has 240 valence electrons. The molecule has 0 radical (unpaired) electrons. The van der Waals surface area contributed by atoms with Crippen molar-refractivity contribution in [3.8, 4) is 22.3 Å². The molecule has 0 saturated carbocycles. The molecule has 0 fully saturated rings. The molecule has 1 nitrogen and oxygen atoms in total. The first-order chi connectivity index (χ1) is 25.3. The molecule has 0 N–H and O–H groups in total. The van der Waals surface area contributed by atoms with Crippen molar-refractivity contribution in [1.29, 1.82) is 0 Å². The third-order valence-electron chi connectivity index (χ3n) is 9.78. The standard InChI is InChI=1S/C50H35N/c1-5-15-38(16-6-1)49-45-23-13-14-24-46(45)50(39-17-7-2-8-18-39)48-34-37(28-32-47(48)49)26-25-36-27-29-41-35-44(31-30-40(41)33-36)51(42-19-9-3-10-20-42)43-21-11-4-12-22-43/h1-35H/b26-25+. The van der Waals surface area contributed by atoms with E-state index in [4.69, 9.17) is 0 Å². The second-order valence-electron chi connectivity index (χ2n) is 13.0. The summed E-state index contributed by atoms with van der Waals surface area (Å²) < 4.78 is 0. The molecule has 0 bridgehead atoms. The van der Waals surface area contributed by atoms with Crippen molar-refractivity contribution in [2.24, 2.45) is 0 Å². The predicted octanol–water partition coefficient (Wildman–Crippen LogP) is 14.1. The monoisotopic (exact) mass is 649 g/mol. The summed E-state index contributed by atoms with van der Waals surface area (Å²) in [5, 5.41) is 7.48. The van der Waals surface area contributed by atoms with Gasteiger partial charge in [-0.25, -0.2) is 0 Å². The lowest BCUT2D eigenvalue weighted by Gasteiger charge is -2.25. The number of hydrogen-bond acceptors (Lipinski definition) is 1. The zero-order chi connectivity index (χ0) is 34.0.